The van der Waals surface area contributed by atoms with E-state index >= 15 is 0 Å². The summed E-state index contributed by atoms with van der Waals surface area (Å²) in [6, 6.07) is 0.322. The number of rotatable bonds is 4. The van der Waals surface area contributed by atoms with E-state index in [1.807, 2.05) is 0 Å². The summed E-state index contributed by atoms with van der Waals surface area (Å²) in [5, 5.41) is 0. The SMILES string of the molecule is CC(N)CCC1(C2CCOCC2)COC1. The second-order valence-corrected chi connectivity index (χ2v) is 5.26. The second kappa shape index (κ2) is 4.81. The highest BCUT2D eigenvalue weighted by Gasteiger charge is 2.45. The zero-order chi connectivity index (χ0) is 10.7. The van der Waals surface area contributed by atoms with Crippen LogP contribution in [0, 0.1) is 11.3 Å². The van der Waals surface area contributed by atoms with Crippen molar-refractivity contribution in [2.45, 2.75) is 38.6 Å². The van der Waals surface area contributed by atoms with Gasteiger partial charge < -0.3 is 15.2 Å². The van der Waals surface area contributed by atoms with E-state index in [0.29, 0.717) is 11.5 Å². The van der Waals surface area contributed by atoms with Gasteiger partial charge >= 0.3 is 0 Å². The van der Waals surface area contributed by atoms with Gasteiger partial charge in [0, 0.05) is 24.7 Å². The average Bonchev–Trinajstić information content (AvgIpc) is 2.17. The van der Waals surface area contributed by atoms with Crippen molar-refractivity contribution in [2.24, 2.45) is 17.1 Å². The maximum Gasteiger partial charge on any atom is 0.0547 e. The van der Waals surface area contributed by atoms with Crippen molar-refractivity contribution in [1.29, 1.82) is 0 Å². The Kier molecular flexibility index (Phi) is 3.65. The van der Waals surface area contributed by atoms with Crippen LogP contribution in [0.25, 0.3) is 0 Å². The minimum Gasteiger partial charge on any atom is -0.381 e. The summed E-state index contributed by atoms with van der Waals surface area (Å²) in [5.74, 6) is 0.804. The molecule has 0 aliphatic carbocycles. The van der Waals surface area contributed by atoms with Gasteiger partial charge in [-0.1, -0.05) is 0 Å². The van der Waals surface area contributed by atoms with Crippen LogP contribution < -0.4 is 5.73 Å². The molecule has 2 N–H and O–H groups in total. The summed E-state index contributed by atoms with van der Waals surface area (Å²) in [6.45, 7) is 5.86. The predicted molar refractivity (Wildman–Crippen MR) is 59.7 cm³/mol. The van der Waals surface area contributed by atoms with Crippen LogP contribution in [0.4, 0.5) is 0 Å². The van der Waals surface area contributed by atoms with Crippen LogP contribution in [0.5, 0.6) is 0 Å². The first-order valence-corrected chi connectivity index (χ1v) is 6.14. The maximum atomic E-state index is 5.84. The topological polar surface area (TPSA) is 44.5 Å². The molecule has 0 bridgehead atoms. The normalized spacial score (nSPS) is 28.4. The maximum absolute atomic E-state index is 5.84. The van der Waals surface area contributed by atoms with Crippen LogP contribution in [0.2, 0.25) is 0 Å². The largest absolute Gasteiger partial charge is 0.381 e. The van der Waals surface area contributed by atoms with Gasteiger partial charge in [0.1, 0.15) is 0 Å². The Morgan fingerprint density at radius 3 is 2.40 bits per heavy atom. The fraction of sp³-hybridized carbons (Fsp3) is 1.00. The molecule has 3 heteroatoms. The summed E-state index contributed by atoms with van der Waals surface area (Å²) >= 11 is 0. The van der Waals surface area contributed by atoms with Crippen molar-refractivity contribution in [3.63, 3.8) is 0 Å². The molecule has 2 rings (SSSR count). The van der Waals surface area contributed by atoms with Gasteiger partial charge in [-0.15, -0.1) is 0 Å². The van der Waals surface area contributed by atoms with Crippen LogP contribution in [0.1, 0.15) is 32.6 Å². The lowest BCUT2D eigenvalue weighted by Gasteiger charge is -2.49. The van der Waals surface area contributed by atoms with Gasteiger partial charge in [-0.25, -0.2) is 0 Å². The lowest BCUT2D eigenvalue weighted by molar-refractivity contribution is -0.167. The van der Waals surface area contributed by atoms with Crippen molar-refractivity contribution >= 4 is 0 Å². The van der Waals surface area contributed by atoms with E-state index in [-0.39, 0.29) is 0 Å². The van der Waals surface area contributed by atoms with Gasteiger partial charge in [-0.3, -0.25) is 0 Å². The van der Waals surface area contributed by atoms with Crippen molar-refractivity contribution in [3.05, 3.63) is 0 Å². The zero-order valence-corrected chi connectivity index (χ0v) is 9.71. The summed E-state index contributed by atoms with van der Waals surface area (Å²) < 4.78 is 10.9. The highest BCUT2D eigenvalue weighted by Crippen LogP contribution is 2.44. The minimum atomic E-state index is 0.322. The molecule has 88 valence electrons. The quantitative estimate of drug-likeness (QED) is 0.770. The molecule has 15 heavy (non-hydrogen) atoms. The third-order valence-electron chi connectivity index (χ3n) is 3.96. The number of hydrogen-bond donors (Lipinski definition) is 1. The molecule has 3 nitrogen and oxygen atoms in total. The van der Waals surface area contributed by atoms with Crippen LogP contribution in [0.3, 0.4) is 0 Å². The highest BCUT2D eigenvalue weighted by molar-refractivity contribution is 4.93. The standard InChI is InChI=1S/C12H23NO2/c1-10(13)2-5-12(8-15-9-12)11-3-6-14-7-4-11/h10-11H,2-9,13H2,1H3. The minimum absolute atomic E-state index is 0.322. The molecular weight excluding hydrogens is 190 g/mol. The van der Waals surface area contributed by atoms with Gasteiger partial charge in [0.05, 0.1) is 13.2 Å². The Hall–Kier alpha value is -0.120. The van der Waals surface area contributed by atoms with Crippen molar-refractivity contribution in [1.82, 2.24) is 0 Å². The Morgan fingerprint density at radius 2 is 1.93 bits per heavy atom. The molecule has 2 saturated heterocycles. The van der Waals surface area contributed by atoms with E-state index in [1.165, 1.54) is 19.3 Å². The van der Waals surface area contributed by atoms with Gasteiger partial charge in [-0.05, 0) is 38.5 Å². The summed E-state index contributed by atoms with van der Waals surface area (Å²) in [5.41, 5.74) is 6.28. The molecule has 1 unspecified atom stereocenters. The monoisotopic (exact) mass is 213 g/mol. The van der Waals surface area contributed by atoms with E-state index in [0.717, 1.165) is 38.8 Å². The Bertz CT molecular complexity index is 196. The molecule has 2 aliphatic rings. The Balaban J connectivity index is 1.88. The van der Waals surface area contributed by atoms with Crippen LogP contribution in [0.15, 0.2) is 0 Å². The molecule has 0 amide bonds. The van der Waals surface area contributed by atoms with Gasteiger partial charge in [0.25, 0.3) is 0 Å². The molecule has 0 radical (unpaired) electrons. The molecule has 2 heterocycles. The van der Waals surface area contributed by atoms with Gasteiger partial charge in [-0.2, -0.15) is 0 Å². The molecule has 2 fully saturated rings. The molecule has 0 spiro atoms. The first-order valence-electron chi connectivity index (χ1n) is 6.14. The van der Waals surface area contributed by atoms with Crippen molar-refractivity contribution < 1.29 is 9.47 Å². The number of nitrogens with two attached hydrogens (primary N) is 1. The summed E-state index contributed by atoms with van der Waals surface area (Å²) in [7, 11) is 0. The molecule has 0 aromatic rings. The fourth-order valence-corrected chi connectivity index (χ4v) is 2.77. The van der Waals surface area contributed by atoms with Crippen LogP contribution >= 0.6 is 0 Å². The van der Waals surface area contributed by atoms with E-state index in [1.54, 1.807) is 0 Å². The highest BCUT2D eigenvalue weighted by atomic mass is 16.5. The number of hydrogen-bond acceptors (Lipinski definition) is 3. The second-order valence-electron chi connectivity index (χ2n) is 5.26. The zero-order valence-electron chi connectivity index (χ0n) is 9.71. The van der Waals surface area contributed by atoms with Gasteiger partial charge in [0.15, 0.2) is 0 Å². The average molecular weight is 213 g/mol. The third kappa shape index (κ3) is 2.52. The lowest BCUT2D eigenvalue weighted by Crippen LogP contribution is -2.50. The Labute approximate surface area is 92.3 Å². The molecule has 0 aromatic heterocycles. The van der Waals surface area contributed by atoms with Gasteiger partial charge in [0.2, 0.25) is 0 Å². The Morgan fingerprint density at radius 1 is 1.27 bits per heavy atom. The van der Waals surface area contributed by atoms with E-state index in [9.17, 15) is 0 Å². The van der Waals surface area contributed by atoms with E-state index in [2.05, 4.69) is 6.92 Å². The van der Waals surface area contributed by atoms with Crippen LogP contribution in [-0.2, 0) is 9.47 Å². The molecule has 1 atom stereocenters. The van der Waals surface area contributed by atoms with E-state index in [4.69, 9.17) is 15.2 Å². The van der Waals surface area contributed by atoms with E-state index < -0.39 is 0 Å². The van der Waals surface area contributed by atoms with Crippen LogP contribution in [-0.4, -0.2) is 32.5 Å². The summed E-state index contributed by atoms with van der Waals surface area (Å²) in [4.78, 5) is 0. The molecule has 2 aliphatic heterocycles. The first kappa shape index (κ1) is 11.4. The summed E-state index contributed by atoms with van der Waals surface area (Å²) in [6.07, 6.45) is 4.78. The fourth-order valence-electron chi connectivity index (χ4n) is 2.77. The molecule has 0 saturated carbocycles. The third-order valence-corrected chi connectivity index (χ3v) is 3.96. The predicted octanol–water partition coefficient (Wildman–Crippen LogP) is 1.56. The lowest BCUT2D eigenvalue weighted by atomic mass is 9.67. The smallest absolute Gasteiger partial charge is 0.0547 e. The van der Waals surface area contributed by atoms with Crippen molar-refractivity contribution in [3.8, 4) is 0 Å². The first-order chi connectivity index (χ1) is 7.23. The molecule has 0 aromatic carbocycles. The van der Waals surface area contributed by atoms with Crippen molar-refractivity contribution in [2.75, 3.05) is 26.4 Å². The molecular formula is C12H23NO2. The number of ether oxygens (including phenoxy) is 2.